The summed E-state index contributed by atoms with van der Waals surface area (Å²) in [5.41, 5.74) is 5.03. The Morgan fingerprint density at radius 2 is 1.83 bits per heavy atom. The monoisotopic (exact) mass is 515 g/mol. The Morgan fingerprint density at radius 3 is 2.49 bits per heavy atom. The Labute approximate surface area is 210 Å². The van der Waals surface area contributed by atoms with Crippen LogP contribution in [0.5, 0.6) is 0 Å². The molecule has 4 rings (SSSR count). The number of nitrogens with two attached hydrogens (primary N) is 1. The summed E-state index contributed by atoms with van der Waals surface area (Å²) in [7, 11) is -3.64. The smallest absolute Gasteiger partial charge is 0.303 e. The minimum atomic E-state index is -3.64. The Balaban J connectivity index is 1.53. The van der Waals surface area contributed by atoms with Gasteiger partial charge >= 0.3 is 5.97 Å². The van der Waals surface area contributed by atoms with E-state index in [0.29, 0.717) is 32.1 Å². The van der Waals surface area contributed by atoms with Gasteiger partial charge in [-0.15, -0.1) is 0 Å². The minimum Gasteiger partial charge on any atom is -0.481 e. The van der Waals surface area contributed by atoms with Gasteiger partial charge in [0.1, 0.15) is 0 Å². The number of fused-ring (bicyclic) bond motifs is 5. The van der Waals surface area contributed by atoms with E-state index >= 15 is 0 Å². The lowest BCUT2D eigenvalue weighted by Gasteiger charge is -2.63. The molecular formula is C26H45NO7S. The molecule has 0 aromatic carbocycles. The second-order valence-electron chi connectivity index (χ2n) is 12.6. The van der Waals surface area contributed by atoms with Crippen molar-refractivity contribution in [1.82, 2.24) is 0 Å². The van der Waals surface area contributed by atoms with Crippen LogP contribution in [0.15, 0.2) is 0 Å². The molecule has 35 heavy (non-hydrogen) atoms. The van der Waals surface area contributed by atoms with Gasteiger partial charge in [-0.05, 0) is 97.7 Å². The average Bonchev–Trinajstić information content (AvgIpc) is 3.12. The van der Waals surface area contributed by atoms with Crippen LogP contribution in [-0.2, 0) is 19.1 Å². The highest BCUT2D eigenvalue weighted by molar-refractivity contribution is 7.86. The van der Waals surface area contributed by atoms with Crippen molar-refractivity contribution >= 4 is 16.1 Å². The van der Waals surface area contributed by atoms with E-state index in [9.17, 15) is 23.4 Å². The molecule has 4 fully saturated rings. The summed E-state index contributed by atoms with van der Waals surface area (Å²) in [4.78, 5) is 11.1. The topological polar surface area (TPSA) is 147 Å². The normalized spacial score (nSPS) is 46.3. The number of carboxylic acids is 1. The van der Waals surface area contributed by atoms with Crippen molar-refractivity contribution in [1.29, 1.82) is 0 Å². The third-order valence-electron chi connectivity index (χ3n) is 11.0. The third-order valence-corrected chi connectivity index (χ3v) is 12.3. The average molecular weight is 516 g/mol. The molecule has 4 aliphatic carbocycles. The van der Waals surface area contributed by atoms with E-state index in [4.69, 9.17) is 15.0 Å². The summed E-state index contributed by atoms with van der Waals surface area (Å²) in [5.74, 6) is 0.139. The van der Waals surface area contributed by atoms with Crippen molar-refractivity contribution in [2.75, 3.05) is 12.3 Å². The second kappa shape index (κ2) is 9.86. The van der Waals surface area contributed by atoms with Gasteiger partial charge in [0.2, 0.25) is 0 Å². The van der Waals surface area contributed by atoms with Gasteiger partial charge < -0.3 is 21.1 Å². The van der Waals surface area contributed by atoms with Crippen LogP contribution in [0.3, 0.4) is 0 Å². The summed E-state index contributed by atoms with van der Waals surface area (Å²) in [6, 6.07) is 0. The number of carbonyl (C=O) groups is 1. The van der Waals surface area contributed by atoms with E-state index < -0.39 is 28.3 Å². The standard InChI is InChI=1S/C26H45NO7S/c1-15(4-7-23(30)31)18-5-6-19-24-20(14-22(29)26(18,19)3)25(2)9-8-17(12-16(25)13-21(24)28)34-35(32,33)11-10-27/h15-22,24,28-29H,4-14,27H2,1-3H3,(H,30,31)/t15-,16+,17-,18-,19+,20+,21-,22+,24+,25+,26-/m1/s1. The van der Waals surface area contributed by atoms with Gasteiger partial charge in [-0.2, -0.15) is 8.42 Å². The Bertz CT molecular complexity index is 896. The molecule has 9 heteroatoms. The van der Waals surface area contributed by atoms with Gasteiger partial charge in [-0.3, -0.25) is 8.98 Å². The van der Waals surface area contributed by atoms with Crippen LogP contribution in [0, 0.1) is 46.3 Å². The second-order valence-corrected chi connectivity index (χ2v) is 14.3. The highest BCUT2D eigenvalue weighted by Gasteiger charge is 2.65. The van der Waals surface area contributed by atoms with Crippen molar-refractivity contribution in [3.8, 4) is 0 Å². The number of hydrogen-bond acceptors (Lipinski definition) is 7. The fourth-order valence-electron chi connectivity index (χ4n) is 9.15. The molecule has 0 bridgehead atoms. The largest absolute Gasteiger partial charge is 0.481 e. The lowest BCUT2D eigenvalue weighted by molar-refractivity contribution is -0.206. The lowest BCUT2D eigenvalue weighted by Crippen LogP contribution is -2.62. The zero-order valence-electron chi connectivity index (χ0n) is 21.4. The fraction of sp³-hybridized carbons (Fsp3) is 0.962. The molecule has 11 atom stereocenters. The van der Waals surface area contributed by atoms with Crippen LogP contribution in [0.1, 0.15) is 78.6 Å². The van der Waals surface area contributed by atoms with Gasteiger partial charge in [-0.25, -0.2) is 0 Å². The maximum Gasteiger partial charge on any atom is 0.303 e. The molecule has 0 aromatic rings. The molecule has 0 amide bonds. The molecule has 0 heterocycles. The van der Waals surface area contributed by atoms with E-state index in [1.54, 1.807) is 0 Å². The van der Waals surface area contributed by atoms with Crippen LogP contribution in [0.2, 0.25) is 0 Å². The first-order chi connectivity index (χ1) is 16.3. The summed E-state index contributed by atoms with van der Waals surface area (Å²) < 4.78 is 29.9. The number of aliphatic hydroxyl groups is 2. The van der Waals surface area contributed by atoms with Crippen LogP contribution in [0.25, 0.3) is 0 Å². The first-order valence-electron chi connectivity index (χ1n) is 13.5. The van der Waals surface area contributed by atoms with Gasteiger partial charge in [0, 0.05) is 13.0 Å². The van der Waals surface area contributed by atoms with Gasteiger partial charge in [-0.1, -0.05) is 20.8 Å². The molecule has 0 unspecified atom stereocenters. The van der Waals surface area contributed by atoms with E-state index in [-0.39, 0.29) is 71.2 Å². The zero-order valence-corrected chi connectivity index (χ0v) is 22.3. The predicted molar refractivity (Wildman–Crippen MR) is 132 cm³/mol. The number of aliphatic carboxylic acids is 1. The first-order valence-corrected chi connectivity index (χ1v) is 15.1. The summed E-state index contributed by atoms with van der Waals surface area (Å²) in [5, 5.41) is 32.2. The van der Waals surface area contributed by atoms with E-state index in [0.717, 1.165) is 19.3 Å². The molecule has 0 radical (unpaired) electrons. The fourth-order valence-corrected chi connectivity index (χ4v) is 10.1. The molecule has 4 aliphatic rings. The van der Waals surface area contributed by atoms with Gasteiger partial charge in [0.15, 0.2) is 0 Å². The molecule has 0 saturated heterocycles. The number of rotatable bonds is 8. The number of aliphatic hydroxyl groups excluding tert-OH is 2. The minimum absolute atomic E-state index is 0.0344. The van der Waals surface area contributed by atoms with Crippen molar-refractivity contribution in [2.45, 2.75) is 96.9 Å². The molecule has 0 aromatic heterocycles. The first kappa shape index (κ1) is 27.3. The molecule has 202 valence electrons. The Hall–Kier alpha value is -0.740. The molecule has 8 nitrogen and oxygen atoms in total. The quantitative estimate of drug-likeness (QED) is 0.361. The maximum atomic E-state index is 12.2. The zero-order chi connectivity index (χ0) is 25.8. The number of carboxylic acid groups (broad SMARTS) is 1. The van der Waals surface area contributed by atoms with E-state index in [1.807, 2.05) is 0 Å². The van der Waals surface area contributed by atoms with Gasteiger partial charge in [0.25, 0.3) is 10.1 Å². The highest BCUT2D eigenvalue weighted by atomic mass is 32.2. The van der Waals surface area contributed by atoms with E-state index in [1.165, 1.54) is 0 Å². The highest BCUT2D eigenvalue weighted by Crippen LogP contribution is 2.68. The molecule has 0 aliphatic heterocycles. The summed E-state index contributed by atoms with van der Waals surface area (Å²) in [6.45, 7) is 6.62. The van der Waals surface area contributed by atoms with Crippen molar-refractivity contribution in [2.24, 2.45) is 52.1 Å². The third kappa shape index (κ3) is 4.80. The Kier molecular flexibility index (Phi) is 7.69. The van der Waals surface area contributed by atoms with Crippen molar-refractivity contribution < 1.29 is 32.7 Å². The predicted octanol–water partition coefficient (Wildman–Crippen LogP) is 2.76. The van der Waals surface area contributed by atoms with Crippen molar-refractivity contribution in [3.63, 3.8) is 0 Å². The van der Waals surface area contributed by atoms with Crippen LogP contribution in [0.4, 0.5) is 0 Å². The molecule has 5 N–H and O–H groups in total. The van der Waals surface area contributed by atoms with Crippen LogP contribution < -0.4 is 5.73 Å². The molecule has 0 spiro atoms. The SMILES string of the molecule is C[C@H](CCC(=O)O)[C@H]1CC[C@H]2[C@@H]3[C@H](O)C[C@@H]4C[C@H](OS(=O)(=O)CCN)CC[C@]4(C)[C@H]3C[C@H](O)[C@]12C. The van der Waals surface area contributed by atoms with Crippen LogP contribution in [-0.4, -0.2) is 60.3 Å². The Morgan fingerprint density at radius 1 is 1.11 bits per heavy atom. The van der Waals surface area contributed by atoms with Crippen molar-refractivity contribution in [3.05, 3.63) is 0 Å². The summed E-state index contributed by atoms with van der Waals surface area (Å²) in [6.07, 6.45) is 4.68. The van der Waals surface area contributed by atoms with E-state index in [2.05, 4.69) is 20.8 Å². The maximum absolute atomic E-state index is 12.2. The molecular weight excluding hydrogens is 470 g/mol. The molecule has 4 saturated carbocycles. The van der Waals surface area contributed by atoms with Crippen LogP contribution >= 0.6 is 0 Å². The lowest BCUT2D eigenvalue weighted by atomic mass is 9.43. The van der Waals surface area contributed by atoms with Gasteiger partial charge in [0.05, 0.1) is 24.1 Å². The number of hydrogen-bond donors (Lipinski definition) is 4. The summed E-state index contributed by atoms with van der Waals surface area (Å²) >= 11 is 0.